The molecule has 0 radical (unpaired) electrons. The maximum absolute atomic E-state index is 5.66. The number of fused-ring (bicyclic) bond motifs is 1. The molecule has 2 unspecified atom stereocenters. The van der Waals surface area contributed by atoms with E-state index < -0.39 is 0 Å². The zero-order valence-corrected chi connectivity index (χ0v) is 14.2. The molecule has 0 bridgehead atoms. The SMILES string of the molecule is CCOCOc1cc2c(s1)SC(CN(C)C)CC2OC. The molecule has 20 heavy (non-hydrogen) atoms. The molecule has 0 aromatic carbocycles. The molecule has 2 heterocycles. The van der Waals surface area contributed by atoms with E-state index in [0.717, 1.165) is 18.0 Å². The number of ether oxygens (including phenoxy) is 3. The number of hydrogen-bond donors (Lipinski definition) is 0. The number of methoxy groups -OCH3 is 1. The summed E-state index contributed by atoms with van der Waals surface area (Å²) in [5.41, 5.74) is 1.27. The highest BCUT2D eigenvalue weighted by Gasteiger charge is 2.30. The van der Waals surface area contributed by atoms with Crippen molar-refractivity contribution in [1.29, 1.82) is 0 Å². The summed E-state index contributed by atoms with van der Waals surface area (Å²) in [6.45, 7) is 4.02. The minimum Gasteiger partial charge on any atom is -0.458 e. The third kappa shape index (κ3) is 4.11. The van der Waals surface area contributed by atoms with Crippen molar-refractivity contribution in [3.8, 4) is 5.06 Å². The highest BCUT2D eigenvalue weighted by Crippen LogP contribution is 2.49. The largest absolute Gasteiger partial charge is 0.458 e. The standard InChI is InChI=1S/C14H23NO3S2/c1-5-17-9-18-13-7-11-12(16-4)6-10(8-15(2)3)19-14(11)20-13/h7,10,12H,5-6,8-9H2,1-4H3. The molecule has 1 aromatic heterocycles. The third-order valence-corrected chi connectivity index (χ3v) is 5.66. The van der Waals surface area contributed by atoms with Gasteiger partial charge in [0.05, 0.1) is 10.3 Å². The predicted molar refractivity (Wildman–Crippen MR) is 84.0 cm³/mol. The first-order valence-electron chi connectivity index (χ1n) is 6.82. The van der Waals surface area contributed by atoms with Crippen molar-refractivity contribution in [2.24, 2.45) is 0 Å². The molecular formula is C14H23NO3S2. The Bertz CT molecular complexity index is 423. The van der Waals surface area contributed by atoms with Crippen LogP contribution in [0.15, 0.2) is 10.3 Å². The smallest absolute Gasteiger partial charge is 0.190 e. The van der Waals surface area contributed by atoms with Crippen LogP contribution in [0.2, 0.25) is 0 Å². The summed E-state index contributed by atoms with van der Waals surface area (Å²) in [7, 11) is 6.02. The first kappa shape index (κ1) is 16.1. The van der Waals surface area contributed by atoms with Crippen LogP contribution in [0, 0.1) is 0 Å². The molecule has 4 nitrogen and oxygen atoms in total. The van der Waals surface area contributed by atoms with Crippen molar-refractivity contribution < 1.29 is 14.2 Å². The zero-order valence-electron chi connectivity index (χ0n) is 12.5. The fraction of sp³-hybridized carbons (Fsp3) is 0.714. The van der Waals surface area contributed by atoms with E-state index in [4.69, 9.17) is 14.2 Å². The second-order valence-corrected chi connectivity index (χ2v) is 7.61. The van der Waals surface area contributed by atoms with E-state index in [1.807, 2.05) is 18.7 Å². The molecule has 1 aromatic rings. The molecule has 2 rings (SSSR count). The Morgan fingerprint density at radius 2 is 2.20 bits per heavy atom. The quantitative estimate of drug-likeness (QED) is 0.569. The Balaban J connectivity index is 2.06. The van der Waals surface area contributed by atoms with Crippen LogP contribution in [0.3, 0.4) is 0 Å². The summed E-state index contributed by atoms with van der Waals surface area (Å²) in [4.78, 5) is 2.23. The van der Waals surface area contributed by atoms with Gasteiger partial charge in [0.1, 0.15) is 0 Å². The lowest BCUT2D eigenvalue weighted by atomic mass is 10.1. The Morgan fingerprint density at radius 1 is 1.40 bits per heavy atom. The van der Waals surface area contributed by atoms with Crippen LogP contribution in [-0.2, 0) is 9.47 Å². The van der Waals surface area contributed by atoms with Gasteiger partial charge in [-0.25, -0.2) is 0 Å². The highest BCUT2D eigenvalue weighted by molar-refractivity contribution is 8.01. The molecule has 0 saturated carbocycles. The average molecular weight is 317 g/mol. The summed E-state index contributed by atoms with van der Waals surface area (Å²) < 4.78 is 17.8. The van der Waals surface area contributed by atoms with Crippen LogP contribution in [0.4, 0.5) is 0 Å². The van der Waals surface area contributed by atoms with E-state index in [1.54, 1.807) is 18.4 Å². The lowest BCUT2D eigenvalue weighted by molar-refractivity contribution is 0.0245. The predicted octanol–water partition coefficient (Wildman–Crippen LogP) is 3.23. The molecule has 1 aliphatic rings. The molecule has 2 atom stereocenters. The van der Waals surface area contributed by atoms with Crippen LogP contribution in [-0.4, -0.2) is 51.3 Å². The van der Waals surface area contributed by atoms with Gasteiger partial charge in [0.15, 0.2) is 11.9 Å². The second-order valence-electron chi connectivity index (χ2n) is 5.03. The lowest BCUT2D eigenvalue weighted by Gasteiger charge is -2.29. The van der Waals surface area contributed by atoms with Gasteiger partial charge in [-0.2, -0.15) is 0 Å². The number of thiophene rings is 1. The van der Waals surface area contributed by atoms with Crippen molar-refractivity contribution in [2.45, 2.75) is 28.9 Å². The molecule has 6 heteroatoms. The lowest BCUT2D eigenvalue weighted by Crippen LogP contribution is -2.27. The van der Waals surface area contributed by atoms with Gasteiger partial charge in [-0.05, 0) is 33.5 Å². The number of thioether (sulfide) groups is 1. The van der Waals surface area contributed by atoms with Crippen LogP contribution < -0.4 is 4.74 Å². The molecule has 0 fully saturated rings. The first-order chi connectivity index (χ1) is 9.63. The van der Waals surface area contributed by atoms with Crippen LogP contribution >= 0.6 is 23.1 Å². The number of nitrogens with zero attached hydrogens (tertiary/aromatic N) is 1. The van der Waals surface area contributed by atoms with E-state index in [-0.39, 0.29) is 6.10 Å². The van der Waals surface area contributed by atoms with Gasteiger partial charge in [0.25, 0.3) is 0 Å². The van der Waals surface area contributed by atoms with Crippen molar-refractivity contribution in [3.63, 3.8) is 0 Å². The van der Waals surface area contributed by atoms with E-state index >= 15 is 0 Å². The van der Waals surface area contributed by atoms with Crippen molar-refractivity contribution in [2.75, 3.05) is 41.1 Å². The first-order valence-corrected chi connectivity index (χ1v) is 8.52. The van der Waals surface area contributed by atoms with Gasteiger partial charge in [0, 0.05) is 31.1 Å². The monoisotopic (exact) mass is 317 g/mol. The van der Waals surface area contributed by atoms with Crippen molar-refractivity contribution >= 4 is 23.1 Å². The van der Waals surface area contributed by atoms with Crippen molar-refractivity contribution in [1.82, 2.24) is 4.90 Å². The molecule has 0 amide bonds. The zero-order chi connectivity index (χ0) is 14.5. The maximum atomic E-state index is 5.66. The van der Waals surface area contributed by atoms with E-state index in [9.17, 15) is 0 Å². The van der Waals surface area contributed by atoms with Gasteiger partial charge in [-0.15, -0.1) is 11.8 Å². The van der Waals surface area contributed by atoms with Gasteiger partial charge < -0.3 is 19.1 Å². The molecule has 0 saturated heterocycles. The highest BCUT2D eigenvalue weighted by atomic mass is 32.2. The Morgan fingerprint density at radius 3 is 2.85 bits per heavy atom. The number of hydrogen-bond acceptors (Lipinski definition) is 6. The van der Waals surface area contributed by atoms with E-state index in [2.05, 4.69) is 25.1 Å². The normalized spacial score (nSPS) is 22.1. The Hall–Kier alpha value is -0.270. The van der Waals surface area contributed by atoms with Gasteiger partial charge in [-0.1, -0.05) is 11.3 Å². The topological polar surface area (TPSA) is 30.9 Å². The van der Waals surface area contributed by atoms with Crippen LogP contribution in [0.5, 0.6) is 5.06 Å². The molecule has 0 aliphatic carbocycles. The summed E-state index contributed by atoms with van der Waals surface area (Å²) in [5, 5.41) is 1.49. The molecule has 1 aliphatic heterocycles. The van der Waals surface area contributed by atoms with Crippen molar-refractivity contribution in [3.05, 3.63) is 11.6 Å². The summed E-state index contributed by atoms with van der Waals surface area (Å²) >= 11 is 3.64. The Labute approximate surface area is 129 Å². The average Bonchev–Trinajstić information content (AvgIpc) is 2.80. The second kappa shape index (κ2) is 7.66. The molecular weight excluding hydrogens is 294 g/mol. The summed E-state index contributed by atoms with van der Waals surface area (Å²) in [6, 6.07) is 2.10. The summed E-state index contributed by atoms with van der Waals surface area (Å²) in [5.74, 6) is 0. The van der Waals surface area contributed by atoms with E-state index in [0.29, 0.717) is 18.6 Å². The summed E-state index contributed by atoms with van der Waals surface area (Å²) in [6.07, 6.45) is 1.23. The fourth-order valence-electron chi connectivity index (χ4n) is 2.24. The van der Waals surface area contributed by atoms with Crippen LogP contribution in [0.1, 0.15) is 25.0 Å². The third-order valence-electron chi connectivity index (χ3n) is 3.14. The molecule has 114 valence electrons. The number of rotatable bonds is 7. The minimum absolute atomic E-state index is 0.178. The molecule has 0 spiro atoms. The molecule has 0 N–H and O–H groups in total. The van der Waals surface area contributed by atoms with Gasteiger partial charge in [-0.3, -0.25) is 0 Å². The van der Waals surface area contributed by atoms with Gasteiger partial charge in [0.2, 0.25) is 0 Å². The fourth-order valence-corrected chi connectivity index (χ4v) is 5.15. The Kier molecular flexibility index (Phi) is 6.17. The minimum atomic E-state index is 0.178. The maximum Gasteiger partial charge on any atom is 0.190 e. The van der Waals surface area contributed by atoms with E-state index in [1.165, 1.54) is 9.77 Å². The van der Waals surface area contributed by atoms with Crippen LogP contribution in [0.25, 0.3) is 0 Å². The van der Waals surface area contributed by atoms with Gasteiger partial charge >= 0.3 is 0 Å².